The average Bonchev–Trinajstić information content (AvgIpc) is 2.69. The van der Waals surface area contributed by atoms with Gasteiger partial charge in [-0.25, -0.2) is 4.79 Å². The molecule has 1 aliphatic heterocycles. The minimum atomic E-state index is -1.14. The molecule has 102 valence electrons. The van der Waals surface area contributed by atoms with Gasteiger partial charge >= 0.3 is 5.97 Å². The van der Waals surface area contributed by atoms with Gasteiger partial charge in [0.15, 0.2) is 0 Å². The predicted octanol–water partition coefficient (Wildman–Crippen LogP) is 0.582. The second kappa shape index (κ2) is 5.07. The molecule has 7 heteroatoms. The Morgan fingerprint density at radius 1 is 1.37 bits per heavy atom. The number of β-amino-alcohol motifs (C(OH)–C–C–N with tert-alkyl or cyclic N) is 1. The van der Waals surface area contributed by atoms with Gasteiger partial charge in [0.1, 0.15) is 6.04 Å². The van der Waals surface area contributed by atoms with E-state index in [1.807, 2.05) is 0 Å². The second-order valence-corrected chi connectivity index (χ2v) is 4.91. The third kappa shape index (κ3) is 2.80. The molecule has 1 fully saturated rings. The first-order valence-corrected chi connectivity index (χ1v) is 6.04. The highest BCUT2D eigenvalue weighted by atomic mass is 35.5. The van der Waals surface area contributed by atoms with Gasteiger partial charge in [0, 0.05) is 29.2 Å². The standard InChI is InChI=1S/C12H13ClN2O4/c13-7-1-6(2-8(14)3-7)11(17)15-5-9(16)4-10(15)12(18)19/h1-3,9-10,16H,4-5,14H2,(H,18,19)/t9-,10+/m1/s1. The molecule has 2 atom stereocenters. The topological polar surface area (TPSA) is 104 Å². The number of likely N-dealkylation sites (tertiary alicyclic amines) is 1. The molecule has 19 heavy (non-hydrogen) atoms. The first-order valence-electron chi connectivity index (χ1n) is 5.66. The zero-order valence-electron chi connectivity index (χ0n) is 9.91. The van der Waals surface area contributed by atoms with E-state index in [-0.39, 0.29) is 18.5 Å². The molecule has 1 saturated heterocycles. The summed E-state index contributed by atoms with van der Waals surface area (Å²) in [4.78, 5) is 24.4. The minimum Gasteiger partial charge on any atom is -0.480 e. The maximum absolute atomic E-state index is 12.2. The number of aliphatic hydroxyl groups excluding tert-OH is 1. The van der Waals surface area contributed by atoms with Gasteiger partial charge in [-0.1, -0.05) is 11.6 Å². The molecule has 6 nitrogen and oxygen atoms in total. The molecular weight excluding hydrogens is 272 g/mol. The lowest BCUT2D eigenvalue weighted by Gasteiger charge is -2.21. The van der Waals surface area contributed by atoms with Crippen molar-refractivity contribution in [3.05, 3.63) is 28.8 Å². The van der Waals surface area contributed by atoms with Crippen LogP contribution < -0.4 is 5.73 Å². The molecule has 0 radical (unpaired) electrons. The molecule has 4 N–H and O–H groups in total. The summed E-state index contributed by atoms with van der Waals surface area (Å²) in [6.07, 6.45) is -0.807. The zero-order chi connectivity index (χ0) is 14.2. The van der Waals surface area contributed by atoms with Crippen molar-refractivity contribution < 1.29 is 19.8 Å². The fourth-order valence-corrected chi connectivity index (χ4v) is 2.42. The van der Waals surface area contributed by atoms with Crippen LogP contribution in [-0.2, 0) is 4.79 Å². The van der Waals surface area contributed by atoms with Crippen molar-refractivity contribution in [3.8, 4) is 0 Å². The van der Waals surface area contributed by atoms with Crippen LogP contribution in [0.15, 0.2) is 18.2 Å². The van der Waals surface area contributed by atoms with Crippen LogP contribution in [0.25, 0.3) is 0 Å². The Morgan fingerprint density at radius 3 is 2.63 bits per heavy atom. The number of nitrogens with two attached hydrogens (primary N) is 1. The Balaban J connectivity index is 2.30. The van der Waals surface area contributed by atoms with Crippen molar-refractivity contribution in [1.29, 1.82) is 0 Å². The van der Waals surface area contributed by atoms with Crippen molar-refractivity contribution >= 4 is 29.2 Å². The van der Waals surface area contributed by atoms with Gasteiger partial charge < -0.3 is 20.8 Å². The van der Waals surface area contributed by atoms with Crippen molar-refractivity contribution in [2.75, 3.05) is 12.3 Å². The van der Waals surface area contributed by atoms with E-state index >= 15 is 0 Å². The summed E-state index contributed by atoms with van der Waals surface area (Å²) in [5.74, 6) is -1.64. The van der Waals surface area contributed by atoms with Crippen LogP contribution in [0.4, 0.5) is 5.69 Å². The number of nitrogen functional groups attached to an aromatic ring is 1. The van der Waals surface area contributed by atoms with E-state index < -0.39 is 24.0 Å². The molecule has 0 aromatic heterocycles. The van der Waals surface area contributed by atoms with E-state index in [0.29, 0.717) is 10.7 Å². The first kappa shape index (κ1) is 13.6. The number of benzene rings is 1. The fourth-order valence-electron chi connectivity index (χ4n) is 2.17. The molecule has 0 saturated carbocycles. The summed E-state index contributed by atoms with van der Waals surface area (Å²) < 4.78 is 0. The van der Waals surface area contributed by atoms with E-state index in [9.17, 15) is 14.7 Å². The first-order chi connectivity index (χ1) is 8.88. The summed E-state index contributed by atoms with van der Waals surface area (Å²) in [6, 6.07) is 3.32. The van der Waals surface area contributed by atoms with Gasteiger partial charge in [0.05, 0.1) is 6.10 Å². The molecular formula is C12H13ClN2O4. The van der Waals surface area contributed by atoms with Crippen molar-refractivity contribution in [3.63, 3.8) is 0 Å². The summed E-state index contributed by atoms with van der Waals surface area (Å²) in [6.45, 7) is -0.0117. The molecule has 1 heterocycles. The van der Waals surface area contributed by atoms with Crippen LogP contribution in [0.2, 0.25) is 5.02 Å². The molecule has 1 aromatic carbocycles. The van der Waals surface area contributed by atoms with E-state index in [1.165, 1.54) is 18.2 Å². The molecule has 0 bridgehead atoms. The highest BCUT2D eigenvalue weighted by molar-refractivity contribution is 6.31. The Kier molecular flexibility index (Phi) is 3.64. The van der Waals surface area contributed by atoms with Gasteiger partial charge in [-0.3, -0.25) is 4.79 Å². The molecule has 1 aliphatic rings. The number of amides is 1. The predicted molar refractivity (Wildman–Crippen MR) is 68.9 cm³/mol. The normalized spacial score (nSPS) is 22.5. The molecule has 0 unspecified atom stereocenters. The summed E-state index contributed by atoms with van der Waals surface area (Å²) in [5, 5.41) is 18.9. The van der Waals surface area contributed by atoms with Crippen LogP contribution in [0.5, 0.6) is 0 Å². The number of nitrogens with zero attached hydrogens (tertiary/aromatic N) is 1. The number of carboxylic acid groups (broad SMARTS) is 1. The highest BCUT2D eigenvalue weighted by Gasteiger charge is 2.39. The number of carbonyl (C=O) groups is 2. The number of hydrogen-bond donors (Lipinski definition) is 3. The molecule has 2 rings (SSSR count). The van der Waals surface area contributed by atoms with Gasteiger partial charge in [0.25, 0.3) is 5.91 Å². The largest absolute Gasteiger partial charge is 0.480 e. The number of aliphatic carboxylic acids is 1. The number of anilines is 1. The maximum Gasteiger partial charge on any atom is 0.326 e. The van der Waals surface area contributed by atoms with Gasteiger partial charge in [-0.15, -0.1) is 0 Å². The highest BCUT2D eigenvalue weighted by Crippen LogP contribution is 2.23. The lowest BCUT2D eigenvalue weighted by Crippen LogP contribution is -2.40. The van der Waals surface area contributed by atoms with Crippen molar-refractivity contribution in [2.24, 2.45) is 0 Å². The SMILES string of the molecule is Nc1cc(Cl)cc(C(=O)N2C[C@H](O)C[C@H]2C(=O)O)c1. The monoisotopic (exact) mass is 284 g/mol. The minimum absolute atomic E-state index is 0.0117. The van der Waals surface area contributed by atoms with Gasteiger partial charge in [-0.05, 0) is 18.2 Å². The summed E-state index contributed by atoms with van der Waals surface area (Å²) in [7, 11) is 0. The van der Waals surface area contributed by atoms with E-state index in [1.54, 1.807) is 0 Å². The van der Waals surface area contributed by atoms with Gasteiger partial charge in [-0.2, -0.15) is 0 Å². The number of carboxylic acids is 1. The lowest BCUT2D eigenvalue weighted by atomic mass is 10.1. The smallest absolute Gasteiger partial charge is 0.326 e. The number of rotatable bonds is 2. The zero-order valence-corrected chi connectivity index (χ0v) is 10.7. The van der Waals surface area contributed by atoms with Crippen LogP contribution in [0.1, 0.15) is 16.8 Å². The Labute approximate surface area is 114 Å². The lowest BCUT2D eigenvalue weighted by molar-refractivity contribution is -0.141. The quantitative estimate of drug-likeness (QED) is 0.689. The van der Waals surface area contributed by atoms with Crippen LogP contribution >= 0.6 is 11.6 Å². The number of carbonyl (C=O) groups excluding carboxylic acids is 1. The third-order valence-corrected chi connectivity index (χ3v) is 3.21. The Hall–Kier alpha value is -1.79. The maximum atomic E-state index is 12.2. The van der Waals surface area contributed by atoms with E-state index in [0.717, 1.165) is 4.90 Å². The number of hydrogen-bond acceptors (Lipinski definition) is 4. The molecule has 0 aliphatic carbocycles. The van der Waals surface area contributed by atoms with E-state index in [2.05, 4.69) is 0 Å². The second-order valence-electron chi connectivity index (χ2n) is 4.47. The van der Waals surface area contributed by atoms with Crippen molar-refractivity contribution in [2.45, 2.75) is 18.6 Å². The van der Waals surface area contributed by atoms with Crippen molar-refractivity contribution in [1.82, 2.24) is 4.90 Å². The fraction of sp³-hybridized carbons (Fsp3) is 0.333. The molecule has 0 spiro atoms. The van der Waals surface area contributed by atoms with Crippen LogP contribution in [0, 0.1) is 0 Å². The summed E-state index contributed by atoms with van der Waals surface area (Å²) in [5.41, 5.74) is 6.13. The third-order valence-electron chi connectivity index (χ3n) is 2.99. The Morgan fingerprint density at radius 2 is 2.05 bits per heavy atom. The molecule has 1 amide bonds. The van der Waals surface area contributed by atoms with Crippen LogP contribution in [0.3, 0.4) is 0 Å². The van der Waals surface area contributed by atoms with E-state index in [4.69, 9.17) is 22.4 Å². The van der Waals surface area contributed by atoms with Crippen LogP contribution in [-0.4, -0.2) is 45.7 Å². The Bertz CT molecular complexity index is 514. The molecule has 1 aromatic rings. The number of aliphatic hydroxyl groups is 1. The summed E-state index contributed by atoms with van der Waals surface area (Å²) >= 11 is 5.81. The average molecular weight is 285 g/mol. The van der Waals surface area contributed by atoms with Gasteiger partial charge in [0.2, 0.25) is 0 Å². The number of halogens is 1.